The van der Waals surface area contributed by atoms with Crippen LogP contribution in [-0.4, -0.2) is 60.8 Å². The van der Waals surface area contributed by atoms with E-state index in [0.29, 0.717) is 32.2 Å². The van der Waals surface area contributed by atoms with Gasteiger partial charge in [0.2, 0.25) is 28.3 Å². The van der Waals surface area contributed by atoms with Crippen LogP contribution in [0.25, 0.3) is 0 Å². The average Bonchev–Trinajstić information content (AvgIpc) is 3.51. The number of sulfonamides is 1. The summed E-state index contributed by atoms with van der Waals surface area (Å²) in [6.07, 6.45) is -1.22. The number of rotatable bonds is 8. The van der Waals surface area contributed by atoms with Crippen LogP contribution in [-0.2, 0) is 24.4 Å². The van der Waals surface area contributed by atoms with Crippen LogP contribution in [0.4, 0.5) is 8.78 Å². The molecule has 0 bridgehead atoms. The van der Waals surface area contributed by atoms with Crippen LogP contribution in [0.3, 0.4) is 0 Å². The molecule has 0 aromatic heterocycles. The Morgan fingerprint density at radius 3 is 2.35 bits per heavy atom. The number of amides is 3. The first-order valence-electron chi connectivity index (χ1n) is 10.7. The maximum absolute atomic E-state index is 13.0. The van der Waals surface area contributed by atoms with Crippen LogP contribution in [0, 0.1) is 11.3 Å². The predicted octanol–water partition coefficient (Wildman–Crippen LogP) is 1.55. The molecule has 8 nitrogen and oxygen atoms in total. The molecule has 31 heavy (non-hydrogen) atoms. The van der Waals surface area contributed by atoms with Gasteiger partial charge in [-0.15, -0.1) is 0 Å². The maximum atomic E-state index is 13.0. The van der Waals surface area contributed by atoms with Crippen molar-refractivity contribution >= 4 is 27.7 Å². The summed E-state index contributed by atoms with van der Waals surface area (Å²) in [6, 6.07) is -0.799. The molecule has 3 atom stereocenters. The van der Waals surface area contributed by atoms with E-state index in [1.54, 1.807) is 0 Å². The van der Waals surface area contributed by atoms with Gasteiger partial charge in [-0.25, -0.2) is 17.2 Å². The summed E-state index contributed by atoms with van der Waals surface area (Å²) in [5.74, 6) is -2.61. The van der Waals surface area contributed by atoms with E-state index in [1.165, 1.54) is 4.90 Å². The highest BCUT2D eigenvalue weighted by molar-refractivity contribution is 7.91. The fraction of sp³-hybridized carbons (Fsp3) is 0.850. The van der Waals surface area contributed by atoms with E-state index >= 15 is 0 Å². The highest BCUT2D eigenvalue weighted by Crippen LogP contribution is 2.48. The van der Waals surface area contributed by atoms with Crippen LogP contribution < -0.4 is 10.0 Å². The van der Waals surface area contributed by atoms with Crippen LogP contribution in [0.1, 0.15) is 65.7 Å². The second kappa shape index (κ2) is 8.29. The number of nitrogens with zero attached hydrogens (tertiary/aromatic N) is 1. The highest BCUT2D eigenvalue weighted by Gasteiger charge is 2.63. The van der Waals surface area contributed by atoms with Gasteiger partial charge < -0.3 is 10.2 Å². The van der Waals surface area contributed by atoms with E-state index in [4.69, 9.17) is 0 Å². The number of halogens is 2. The molecule has 1 unspecified atom stereocenters. The van der Waals surface area contributed by atoms with Crippen LogP contribution >= 0.6 is 0 Å². The first-order valence-corrected chi connectivity index (χ1v) is 12.3. The number of alkyl halides is 2. The molecule has 3 fully saturated rings. The Labute approximate surface area is 181 Å². The van der Waals surface area contributed by atoms with Gasteiger partial charge in [0.05, 0.1) is 5.25 Å². The lowest BCUT2D eigenvalue weighted by molar-refractivity contribution is -0.141. The zero-order chi connectivity index (χ0) is 23.2. The molecule has 2 aliphatic carbocycles. The highest BCUT2D eigenvalue weighted by atomic mass is 32.2. The molecule has 1 aliphatic heterocycles. The van der Waals surface area contributed by atoms with E-state index in [1.807, 2.05) is 25.5 Å². The Hall–Kier alpha value is -1.78. The predicted molar refractivity (Wildman–Crippen MR) is 108 cm³/mol. The van der Waals surface area contributed by atoms with Crippen molar-refractivity contribution in [3.8, 4) is 0 Å². The first-order chi connectivity index (χ1) is 14.2. The third kappa shape index (κ3) is 5.53. The summed E-state index contributed by atoms with van der Waals surface area (Å²) in [5, 5.41) is 1.90. The number of hydrogen-bond acceptors (Lipinski definition) is 5. The number of nitrogens with one attached hydrogen (secondary N) is 2. The van der Waals surface area contributed by atoms with Crippen molar-refractivity contribution < 1.29 is 31.6 Å². The molecule has 0 aromatic rings. The Kier molecular flexibility index (Phi) is 6.38. The molecular weight excluding hydrogens is 432 g/mol. The zero-order valence-corrected chi connectivity index (χ0v) is 18.9. The van der Waals surface area contributed by atoms with Gasteiger partial charge in [-0.1, -0.05) is 20.8 Å². The zero-order valence-electron chi connectivity index (χ0n) is 18.1. The van der Waals surface area contributed by atoms with Crippen molar-refractivity contribution in [2.45, 2.75) is 89.0 Å². The molecule has 2 saturated carbocycles. The number of carbonyl (C=O) groups is 3. The second-order valence-corrected chi connectivity index (χ2v) is 12.1. The molecule has 3 rings (SSSR count). The number of carbonyl (C=O) groups excluding carboxylic acids is 3. The van der Waals surface area contributed by atoms with Crippen molar-refractivity contribution in [1.29, 1.82) is 0 Å². The lowest BCUT2D eigenvalue weighted by Crippen LogP contribution is -2.56. The van der Waals surface area contributed by atoms with E-state index in [9.17, 15) is 31.6 Å². The SMILES string of the molecule is CC(C)(C)CC(=O)N1CCCC1C(=O)N[C@]1(C(=O)NS(=O)(=O)C2CC2)C[C@H]1CC(F)F. The van der Waals surface area contributed by atoms with Crippen LogP contribution in [0.2, 0.25) is 0 Å². The van der Waals surface area contributed by atoms with Crippen molar-refractivity contribution in [2.75, 3.05) is 6.54 Å². The fourth-order valence-corrected chi connectivity index (χ4v) is 5.56. The topological polar surface area (TPSA) is 113 Å². The molecule has 3 aliphatic rings. The van der Waals surface area contributed by atoms with Gasteiger partial charge in [0, 0.05) is 19.4 Å². The van der Waals surface area contributed by atoms with Gasteiger partial charge in [-0.2, -0.15) is 0 Å². The Morgan fingerprint density at radius 1 is 1.16 bits per heavy atom. The Bertz CT molecular complexity index is 853. The largest absolute Gasteiger partial charge is 0.340 e. The van der Waals surface area contributed by atoms with E-state index < -0.39 is 57.4 Å². The van der Waals surface area contributed by atoms with Crippen molar-refractivity contribution in [3.63, 3.8) is 0 Å². The minimum absolute atomic E-state index is 0.0578. The molecule has 11 heteroatoms. The normalized spacial score (nSPS) is 28.5. The van der Waals surface area contributed by atoms with Crippen molar-refractivity contribution in [2.24, 2.45) is 11.3 Å². The number of likely N-dealkylation sites (tertiary alicyclic amines) is 1. The van der Waals surface area contributed by atoms with Gasteiger partial charge in [-0.3, -0.25) is 19.1 Å². The molecule has 0 spiro atoms. The smallest absolute Gasteiger partial charge is 0.259 e. The summed E-state index contributed by atoms with van der Waals surface area (Å²) in [5.41, 5.74) is -1.95. The maximum Gasteiger partial charge on any atom is 0.259 e. The lowest BCUT2D eigenvalue weighted by atomic mass is 9.91. The van der Waals surface area contributed by atoms with Gasteiger partial charge in [-0.05, 0) is 43.4 Å². The second-order valence-electron chi connectivity index (χ2n) is 10.1. The lowest BCUT2D eigenvalue weighted by Gasteiger charge is -2.29. The molecule has 3 amide bonds. The Morgan fingerprint density at radius 2 is 1.81 bits per heavy atom. The monoisotopic (exact) mass is 463 g/mol. The average molecular weight is 464 g/mol. The molecule has 0 aromatic carbocycles. The summed E-state index contributed by atoms with van der Waals surface area (Å²) < 4.78 is 52.2. The van der Waals surface area contributed by atoms with E-state index in [0.717, 1.165) is 0 Å². The molecule has 1 heterocycles. The Balaban J connectivity index is 1.73. The molecule has 2 N–H and O–H groups in total. The molecule has 0 radical (unpaired) electrons. The third-order valence-electron chi connectivity index (χ3n) is 6.07. The first kappa shape index (κ1) is 23.9. The van der Waals surface area contributed by atoms with E-state index in [-0.39, 0.29) is 24.2 Å². The third-order valence-corrected chi connectivity index (χ3v) is 7.89. The van der Waals surface area contributed by atoms with Crippen LogP contribution in [0.15, 0.2) is 0 Å². The minimum Gasteiger partial charge on any atom is -0.340 e. The summed E-state index contributed by atoms with van der Waals surface area (Å²) in [7, 11) is -3.88. The standard InChI is InChI=1S/C20H31F2N3O5S/c1-19(2,3)11-16(26)25-8-4-5-14(25)17(27)23-20(10-12(20)9-15(21)22)18(28)24-31(29,30)13-6-7-13/h12-15H,4-11H2,1-3H3,(H,23,27)(H,24,28)/t12-,14?,20-/m1/s1. The van der Waals surface area contributed by atoms with E-state index in [2.05, 4.69) is 5.32 Å². The van der Waals surface area contributed by atoms with Crippen molar-refractivity contribution in [1.82, 2.24) is 14.9 Å². The van der Waals surface area contributed by atoms with Gasteiger partial charge >= 0.3 is 0 Å². The van der Waals surface area contributed by atoms with Crippen LogP contribution in [0.5, 0.6) is 0 Å². The van der Waals surface area contributed by atoms with Crippen molar-refractivity contribution in [3.05, 3.63) is 0 Å². The summed E-state index contributed by atoms with van der Waals surface area (Å²) in [4.78, 5) is 39.9. The summed E-state index contributed by atoms with van der Waals surface area (Å²) >= 11 is 0. The quantitative estimate of drug-likeness (QED) is 0.567. The van der Waals surface area contributed by atoms with Gasteiger partial charge in [0.25, 0.3) is 5.91 Å². The molecule has 176 valence electrons. The number of hydrogen-bond donors (Lipinski definition) is 2. The summed E-state index contributed by atoms with van der Waals surface area (Å²) in [6.45, 7) is 6.14. The fourth-order valence-electron chi connectivity index (χ4n) is 4.20. The molecular formula is C20H31F2N3O5S. The minimum atomic E-state index is -3.88. The molecule has 1 saturated heterocycles. The van der Waals surface area contributed by atoms with Gasteiger partial charge in [0.1, 0.15) is 11.6 Å². The van der Waals surface area contributed by atoms with Gasteiger partial charge in [0.15, 0.2) is 0 Å².